The zero-order valence-electron chi connectivity index (χ0n) is 15.7. The number of hydrogen-bond donors (Lipinski definition) is 0. The number of fused-ring (bicyclic) bond motifs is 3. The molecule has 5 heteroatoms. The molecule has 0 spiro atoms. The van der Waals surface area contributed by atoms with Gasteiger partial charge in [0.1, 0.15) is 5.75 Å². The number of methoxy groups -OCH3 is 1. The minimum atomic E-state index is -0.0587. The van der Waals surface area contributed by atoms with Gasteiger partial charge in [0, 0.05) is 28.0 Å². The molecule has 142 valence electrons. The van der Waals surface area contributed by atoms with E-state index in [2.05, 4.69) is 0 Å². The lowest BCUT2D eigenvalue weighted by molar-refractivity contribution is 0.415. The van der Waals surface area contributed by atoms with E-state index in [9.17, 15) is 4.79 Å². The maximum absolute atomic E-state index is 13.5. The van der Waals surface area contributed by atoms with Gasteiger partial charge in [0.05, 0.1) is 23.5 Å². The van der Waals surface area contributed by atoms with Gasteiger partial charge in [-0.15, -0.1) is 0 Å². The molecule has 0 aliphatic heterocycles. The summed E-state index contributed by atoms with van der Waals surface area (Å²) >= 11 is 6.06. The van der Waals surface area contributed by atoms with Crippen LogP contribution in [0.1, 0.15) is 0 Å². The van der Waals surface area contributed by atoms with Crippen LogP contribution in [0.3, 0.4) is 0 Å². The predicted molar refractivity (Wildman–Crippen MR) is 118 cm³/mol. The van der Waals surface area contributed by atoms with Crippen molar-refractivity contribution in [3.63, 3.8) is 0 Å². The van der Waals surface area contributed by atoms with Crippen molar-refractivity contribution in [3.05, 3.63) is 100 Å². The highest BCUT2D eigenvalue weighted by Crippen LogP contribution is 2.31. The Hall–Kier alpha value is -3.50. The van der Waals surface area contributed by atoms with E-state index < -0.39 is 0 Å². The predicted octanol–water partition coefficient (Wildman–Crippen LogP) is 5.60. The third kappa shape index (κ3) is 2.80. The van der Waals surface area contributed by atoms with Gasteiger partial charge in [-0.1, -0.05) is 29.8 Å². The molecule has 0 amide bonds. The van der Waals surface area contributed by atoms with Crippen molar-refractivity contribution in [2.24, 2.45) is 0 Å². The number of hydrogen-bond acceptors (Lipinski definition) is 2. The zero-order valence-corrected chi connectivity index (χ0v) is 16.4. The first kappa shape index (κ1) is 17.6. The van der Waals surface area contributed by atoms with Crippen LogP contribution in [0.15, 0.2) is 89.9 Å². The fourth-order valence-electron chi connectivity index (χ4n) is 3.79. The second-order valence-electron chi connectivity index (χ2n) is 6.78. The molecule has 0 saturated heterocycles. The van der Waals surface area contributed by atoms with Crippen LogP contribution >= 0.6 is 11.6 Å². The number of ether oxygens (including phenoxy) is 1. The lowest BCUT2D eigenvalue weighted by Gasteiger charge is -2.15. The fraction of sp³-hybridized carbons (Fsp3) is 0.0417. The van der Waals surface area contributed by atoms with E-state index in [0.717, 1.165) is 33.5 Å². The second-order valence-corrected chi connectivity index (χ2v) is 7.22. The van der Waals surface area contributed by atoms with Gasteiger partial charge in [0.15, 0.2) is 0 Å². The quantitative estimate of drug-likeness (QED) is 0.395. The third-order valence-electron chi connectivity index (χ3n) is 5.14. The average molecular weight is 401 g/mol. The summed E-state index contributed by atoms with van der Waals surface area (Å²) in [6.07, 6.45) is 1.92. The number of para-hydroxylation sites is 1. The maximum Gasteiger partial charge on any atom is 0.265 e. The summed E-state index contributed by atoms with van der Waals surface area (Å²) in [5.74, 6) is 0.737. The molecule has 0 bridgehead atoms. The Morgan fingerprint density at radius 3 is 2.31 bits per heavy atom. The first-order valence-corrected chi connectivity index (χ1v) is 9.60. The van der Waals surface area contributed by atoms with Crippen LogP contribution in [0.2, 0.25) is 5.02 Å². The summed E-state index contributed by atoms with van der Waals surface area (Å²) in [7, 11) is 1.64. The van der Waals surface area contributed by atoms with Crippen LogP contribution in [-0.2, 0) is 0 Å². The molecule has 5 aromatic rings. The highest BCUT2D eigenvalue weighted by atomic mass is 35.5. The monoisotopic (exact) mass is 400 g/mol. The van der Waals surface area contributed by atoms with Crippen LogP contribution < -0.4 is 10.3 Å². The zero-order chi connectivity index (χ0) is 20.0. The molecule has 29 heavy (non-hydrogen) atoms. The van der Waals surface area contributed by atoms with Crippen LogP contribution in [0.5, 0.6) is 5.75 Å². The first-order valence-electron chi connectivity index (χ1n) is 9.22. The standard InChI is InChI=1S/C24H17ClN2O2/c1-29-19-11-12-22-21(15-19)23-20(24(28)27(22)18-5-3-2-4-6-18)13-14-26(23)17-9-7-16(25)8-10-17/h2-15H,1H3. The molecule has 2 heterocycles. The molecular formula is C24H17ClN2O2. The van der Waals surface area contributed by atoms with E-state index in [1.54, 1.807) is 11.7 Å². The van der Waals surface area contributed by atoms with Gasteiger partial charge in [-0.2, -0.15) is 0 Å². The summed E-state index contributed by atoms with van der Waals surface area (Å²) < 4.78 is 9.24. The molecule has 4 nitrogen and oxygen atoms in total. The first-order chi connectivity index (χ1) is 14.2. The minimum Gasteiger partial charge on any atom is -0.497 e. The number of nitrogens with zero attached hydrogens (tertiary/aromatic N) is 2. The average Bonchev–Trinajstić information content (AvgIpc) is 3.21. The normalized spacial score (nSPS) is 11.2. The number of benzene rings is 3. The lowest BCUT2D eigenvalue weighted by Crippen LogP contribution is -2.19. The largest absolute Gasteiger partial charge is 0.497 e. The molecule has 5 rings (SSSR count). The molecular weight excluding hydrogens is 384 g/mol. The molecule has 0 unspecified atom stereocenters. The molecule has 0 fully saturated rings. The summed E-state index contributed by atoms with van der Waals surface area (Å²) in [6, 6.07) is 24.9. The highest BCUT2D eigenvalue weighted by Gasteiger charge is 2.17. The van der Waals surface area contributed by atoms with E-state index in [0.29, 0.717) is 10.4 Å². The molecule has 3 aromatic carbocycles. The number of pyridine rings is 1. The van der Waals surface area contributed by atoms with Gasteiger partial charge in [-0.3, -0.25) is 9.36 Å². The topological polar surface area (TPSA) is 36.2 Å². The van der Waals surface area contributed by atoms with Crippen molar-refractivity contribution >= 4 is 33.4 Å². The SMILES string of the molecule is COc1ccc2c(c1)c1c(ccn1-c1ccc(Cl)cc1)c(=O)n2-c1ccccc1. The molecule has 0 atom stereocenters. The molecule has 0 aliphatic rings. The molecule has 2 aromatic heterocycles. The van der Waals surface area contributed by atoms with Crippen molar-refractivity contribution in [2.45, 2.75) is 0 Å². The minimum absolute atomic E-state index is 0.0587. The van der Waals surface area contributed by atoms with Crippen molar-refractivity contribution in [2.75, 3.05) is 7.11 Å². The van der Waals surface area contributed by atoms with Crippen molar-refractivity contribution in [1.82, 2.24) is 9.13 Å². The van der Waals surface area contributed by atoms with E-state index in [-0.39, 0.29) is 5.56 Å². The summed E-state index contributed by atoms with van der Waals surface area (Å²) in [5, 5.41) is 2.25. The Morgan fingerprint density at radius 2 is 1.59 bits per heavy atom. The van der Waals surface area contributed by atoms with Gasteiger partial charge in [0.2, 0.25) is 0 Å². The Labute approximate surface area is 172 Å². The number of aromatic nitrogens is 2. The summed E-state index contributed by atoms with van der Waals surface area (Å²) in [4.78, 5) is 13.5. The Bertz CT molecular complexity index is 1400. The van der Waals surface area contributed by atoms with E-state index in [1.807, 2.05) is 89.6 Å². The number of rotatable bonds is 3. The Kier molecular flexibility index (Phi) is 4.14. The van der Waals surface area contributed by atoms with E-state index in [1.165, 1.54) is 0 Å². The highest BCUT2D eigenvalue weighted by molar-refractivity contribution is 6.30. The second kappa shape index (κ2) is 6.83. The Balaban J connectivity index is 1.94. The van der Waals surface area contributed by atoms with Crippen LogP contribution in [-0.4, -0.2) is 16.2 Å². The molecule has 0 radical (unpaired) electrons. The van der Waals surface area contributed by atoms with Crippen molar-refractivity contribution < 1.29 is 4.74 Å². The third-order valence-corrected chi connectivity index (χ3v) is 5.39. The molecule has 0 saturated carbocycles. The Morgan fingerprint density at radius 1 is 0.828 bits per heavy atom. The van der Waals surface area contributed by atoms with Gasteiger partial charge >= 0.3 is 0 Å². The summed E-state index contributed by atoms with van der Waals surface area (Å²) in [5.41, 5.74) is 3.37. The molecule has 0 aliphatic carbocycles. The van der Waals surface area contributed by atoms with Gasteiger partial charge in [-0.25, -0.2) is 0 Å². The summed E-state index contributed by atoms with van der Waals surface area (Å²) in [6.45, 7) is 0. The van der Waals surface area contributed by atoms with Gasteiger partial charge in [0.25, 0.3) is 5.56 Å². The van der Waals surface area contributed by atoms with E-state index >= 15 is 0 Å². The van der Waals surface area contributed by atoms with E-state index in [4.69, 9.17) is 16.3 Å². The van der Waals surface area contributed by atoms with Gasteiger partial charge in [-0.05, 0) is 60.7 Å². The molecule has 0 N–H and O–H groups in total. The smallest absolute Gasteiger partial charge is 0.265 e. The van der Waals surface area contributed by atoms with Crippen LogP contribution in [0.4, 0.5) is 0 Å². The maximum atomic E-state index is 13.5. The fourth-order valence-corrected chi connectivity index (χ4v) is 3.91. The van der Waals surface area contributed by atoms with Gasteiger partial charge < -0.3 is 9.30 Å². The number of halogens is 1. The lowest BCUT2D eigenvalue weighted by atomic mass is 10.1. The van der Waals surface area contributed by atoms with Crippen molar-refractivity contribution in [1.29, 1.82) is 0 Å². The van der Waals surface area contributed by atoms with Crippen LogP contribution in [0.25, 0.3) is 33.2 Å². The van der Waals surface area contributed by atoms with Crippen LogP contribution in [0, 0.1) is 0 Å². The van der Waals surface area contributed by atoms with Crippen molar-refractivity contribution in [3.8, 4) is 17.1 Å².